The highest BCUT2D eigenvalue weighted by Gasteiger charge is 2.14. The Labute approximate surface area is 240 Å². The first kappa shape index (κ1) is 29.0. The fourth-order valence-corrected chi connectivity index (χ4v) is 4.87. The number of para-hydroxylation sites is 1. The number of aldehydes is 1. The Balaban J connectivity index is 0.000000194. The molecule has 0 spiro atoms. The summed E-state index contributed by atoms with van der Waals surface area (Å²) in [6.07, 6.45) is 5.31. The summed E-state index contributed by atoms with van der Waals surface area (Å²) in [5.74, 6) is 1.19. The molecular weight excluding hydrogens is 520 g/mol. The van der Waals surface area contributed by atoms with Crippen LogP contribution in [-0.4, -0.2) is 49.0 Å². The lowest BCUT2D eigenvalue weighted by atomic mass is 9.99. The van der Waals surface area contributed by atoms with Crippen molar-refractivity contribution in [1.82, 2.24) is 15.2 Å². The van der Waals surface area contributed by atoms with Crippen LogP contribution in [0, 0.1) is 0 Å². The molecule has 1 aliphatic heterocycles. The molecule has 0 aliphatic carbocycles. The van der Waals surface area contributed by atoms with E-state index in [-0.39, 0.29) is 5.91 Å². The van der Waals surface area contributed by atoms with E-state index in [1.165, 1.54) is 17.3 Å². The summed E-state index contributed by atoms with van der Waals surface area (Å²) in [5.41, 5.74) is 5.89. The summed E-state index contributed by atoms with van der Waals surface area (Å²) in [5, 5.41) is 6.12. The second-order valence-corrected chi connectivity index (χ2v) is 10.3. The number of aromatic nitrogens is 1. The fraction of sp³-hybridized carbons (Fsp3) is 0.219. The van der Waals surface area contributed by atoms with E-state index in [4.69, 9.17) is 4.74 Å². The van der Waals surface area contributed by atoms with Gasteiger partial charge in [0.2, 0.25) is 5.88 Å². The lowest BCUT2D eigenvalue weighted by Crippen LogP contribution is -2.26. The number of hydrogen-bond acceptors (Lipinski definition) is 7. The maximum Gasteiger partial charge on any atom is 0.255 e. The molecule has 5 rings (SSSR count). The molecule has 1 aromatic heterocycles. The highest BCUT2D eigenvalue weighted by atomic mass is 32.2. The molecule has 4 aromatic rings. The van der Waals surface area contributed by atoms with Crippen molar-refractivity contribution in [2.75, 3.05) is 32.2 Å². The van der Waals surface area contributed by atoms with Crippen molar-refractivity contribution >= 4 is 29.6 Å². The topological polar surface area (TPSA) is 83.6 Å². The molecule has 0 bridgehead atoms. The largest absolute Gasteiger partial charge is 0.438 e. The molecule has 0 saturated carbocycles. The van der Waals surface area contributed by atoms with Gasteiger partial charge in [-0.15, -0.1) is 11.8 Å². The zero-order valence-corrected chi connectivity index (χ0v) is 23.8. The van der Waals surface area contributed by atoms with E-state index in [0.717, 1.165) is 54.2 Å². The number of amides is 1. The number of pyridine rings is 1. The maximum absolute atomic E-state index is 12.5. The van der Waals surface area contributed by atoms with E-state index >= 15 is 0 Å². The highest BCUT2D eigenvalue weighted by molar-refractivity contribution is 7.98. The van der Waals surface area contributed by atoms with Crippen LogP contribution in [-0.2, 0) is 19.5 Å². The van der Waals surface area contributed by atoms with Gasteiger partial charge in [0.05, 0.1) is 0 Å². The predicted octanol–water partition coefficient (Wildman–Crippen LogP) is 6.05. The van der Waals surface area contributed by atoms with E-state index in [0.29, 0.717) is 17.0 Å². The van der Waals surface area contributed by atoms with E-state index in [1.807, 2.05) is 67.9 Å². The minimum Gasteiger partial charge on any atom is -0.438 e. The van der Waals surface area contributed by atoms with Gasteiger partial charge >= 0.3 is 0 Å². The van der Waals surface area contributed by atoms with Gasteiger partial charge in [-0.2, -0.15) is 0 Å². The van der Waals surface area contributed by atoms with Crippen LogP contribution in [0.15, 0.2) is 90.0 Å². The second kappa shape index (κ2) is 14.4. The minimum atomic E-state index is -0.0629. The molecule has 8 heteroatoms. The van der Waals surface area contributed by atoms with E-state index in [9.17, 15) is 9.59 Å². The molecule has 2 heterocycles. The van der Waals surface area contributed by atoms with Gasteiger partial charge in [-0.3, -0.25) is 9.59 Å². The zero-order chi connectivity index (χ0) is 28.3. The number of carbonyl (C=O) groups is 2. The third-order valence-corrected chi connectivity index (χ3v) is 7.19. The van der Waals surface area contributed by atoms with Gasteiger partial charge in [-0.05, 0) is 85.9 Å². The number of rotatable bonds is 8. The maximum atomic E-state index is 12.5. The van der Waals surface area contributed by atoms with Crippen LogP contribution < -0.4 is 15.4 Å². The van der Waals surface area contributed by atoms with Gasteiger partial charge in [0, 0.05) is 53.6 Å². The number of hydrogen-bond donors (Lipinski definition) is 2. The van der Waals surface area contributed by atoms with Gasteiger partial charge in [-0.25, -0.2) is 4.98 Å². The van der Waals surface area contributed by atoms with Crippen molar-refractivity contribution in [3.8, 4) is 11.6 Å². The van der Waals surface area contributed by atoms with Crippen molar-refractivity contribution in [3.63, 3.8) is 0 Å². The van der Waals surface area contributed by atoms with Crippen molar-refractivity contribution in [2.45, 2.75) is 24.4 Å². The van der Waals surface area contributed by atoms with Crippen LogP contribution in [0.3, 0.4) is 0 Å². The number of likely N-dealkylation sites (N-methyl/N-ethyl adjacent to an activating group) is 1. The predicted molar refractivity (Wildman–Crippen MR) is 162 cm³/mol. The molecule has 206 valence electrons. The third-order valence-electron chi connectivity index (χ3n) is 6.42. The monoisotopic (exact) mass is 554 g/mol. The molecule has 1 amide bonds. The Morgan fingerprint density at radius 1 is 1.05 bits per heavy atom. The molecule has 1 aliphatic rings. The quantitative estimate of drug-likeness (QED) is 0.203. The Morgan fingerprint density at radius 2 is 1.90 bits per heavy atom. The van der Waals surface area contributed by atoms with Crippen LogP contribution in [0.5, 0.6) is 11.6 Å². The second-order valence-electron chi connectivity index (χ2n) is 9.46. The van der Waals surface area contributed by atoms with Crippen molar-refractivity contribution < 1.29 is 14.3 Å². The van der Waals surface area contributed by atoms with Crippen LogP contribution in [0.4, 0.5) is 5.69 Å². The lowest BCUT2D eigenvalue weighted by Gasteiger charge is -2.25. The van der Waals surface area contributed by atoms with E-state index in [1.54, 1.807) is 23.9 Å². The van der Waals surface area contributed by atoms with E-state index < -0.39 is 0 Å². The highest BCUT2D eigenvalue weighted by Crippen LogP contribution is 2.30. The number of nitrogens with one attached hydrogen (secondary N) is 2. The standard InChI is InChI=1S/C19H23N3O.C13H11NO2S/c1-20-12-14-4-3-5-16(10-14)19(23)21-18-7-6-15-8-9-22(2)13-17(15)11-18;1-17-12-5-3-2-4-11(12)16-13-7-6-10(9-15)8-14-13/h3-7,10-11,20H,8-9,12-13H2,1-2H3,(H,21,23);2-9H,1H3. The Kier molecular flexibility index (Phi) is 10.5. The number of ether oxygens (including phenoxy) is 1. The average Bonchev–Trinajstić information content (AvgIpc) is 2.98. The number of nitrogens with zero attached hydrogens (tertiary/aromatic N) is 2. The van der Waals surface area contributed by atoms with Gasteiger partial charge in [0.1, 0.15) is 5.75 Å². The van der Waals surface area contributed by atoms with Crippen LogP contribution in [0.1, 0.15) is 37.4 Å². The fourth-order valence-electron chi connectivity index (χ4n) is 4.34. The Hall–Kier alpha value is -3.98. The smallest absolute Gasteiger partial charge is 0.255 e. The number of anilines is 1. The summed E-state index contributed by atoms with van der Waals surface area (Å²) >= 11 is 1.61. The van der Waals surface area contributed by atoms with Crippen molar-refractivity contribution in [2.24, 2.45) is 0 Å². The number of carbonyl (C=O) groups excluding carboxylic acids is 2. The molecule has 40 heavy (non-hydrogen) atoms. The van der Waals surface area contributed by atoms with E-state index in [2.05, 4.69) is 39.7 Å². The Bertz CT molecular complexity index is 1440. The average molecular weight is 555 g/mol. The third kappa shape index (κ3) is 8.02. The van der Waals surface area contributed by atoms with Gasteiger partial charge in [-0.1, -0.05) is 30.3 Å². The van der Waals surface area contributed by atoms with Gasteiger partial charge in [0.15, 0.2) is 6.29 Å². The molecular formula is C32H34N4O3S. The summed E-state index contributed by atoms with van der Waals surface area (Å²) in [6, 6.07) is 25.1. The summed E-state index contributed by atoms with van der Waals surface area (Å²) in [4.78, 5) is 30.4. The first-order valence-corrected chi connectivity index (χ1v) is 14.3. The minimum absolute atomic E-state index is 0.0629. The SMILES string of the molecule is CNCc1cccc(C(=O)Nc2ccc3c(c2)CN(C)CC3)c1.CSc1ccccc1Oc1ccc(C=O)cn1. The zero-order valence-electron chi connectivity index (χ0n) is 23.0. The summed E-state index contributed by atoms with van der Waals surface area (Å²) in [6.45, 7) is 2.79. The molecule has 2 N–H and O–H groups in total. The number of benzene rings is 3. The summed E-state index contributed by atoms with van der Waals surface area (Å²) in [7, 11) is 4.03. The number of fused-ring (bicyclic) bond motifs is 1. The summed E-state index contributed by atoms with van der Waals surface area (Å²) < 4.78 is 5.65. The molecule has 0 atom stereocenters. The first-order chi connectivity index (χ1) is 19.5. The van der Waals surface area contributed by atoms with Crippen molar-refractivity contribution in [1.29, 1.82) is 0 Å². The molecule has 0 fully saturated rings. The normalized spacial score (nSPS) is 12.5. The van der Waals surface area contributed by atoms with Crippen LogP contribution in [0.2, 0.25) is 0 Å². The molecule has 0 saturated heterocycles. The van der Waals surface area contributed by atoms with Gasteiger partial charge in [0.25, 0.3) is 5.91 Å². The molecule has 7 nitrogen and oxygen atoms in total. The first-order valence-electron chi connectivity index (χ1n) is 13.1. The van der Waals surface area contributed by atoms with Crippen LogP contribution >= 0.6 is 11.8 Å². The number of thioether (sulfide) groups is 1. The molecule has 0 radical (unpaired) electrons. The lowest BCUT2D eigenvalue weighted by molar-refractivity contribution is 0.102. The van der Waals surface area contributed by atoms with Gasteiger partial charge < -0.3 is 20.3 Å². The Morgan fingerprint density at radius 3 is 2.65 bits per heavy atom. The molecule has 3 aromatic carbocycles. The van der Waals surface area contributed by atoms with Crippen molar-refractivity contribution in [3.05, 3.63) is 113 Å². The molecule has 0 unspecified atom stereocenters. The van der Waals surface area contributed by atoms with Crippen LogP contribution in [0.25, 0.3) is 0 Å².